The molecule has 0 amide bonds. The topological polar surface area (TPSA) is 116 Å². The van der Waals surface area contributed by atoms with Crippen LogP contribution in [0.2, 0.25) is 0 Å². The maximum atomic E-state index is 10.4. The normalized spacial score (nSPS) is 30.9. The van der Waals surface area contributed by atoms with Crippen LogP contribution in [0.5, 0.6) is 0 Å². The van der Waals surface area contributed by atoms with Crippen molar-refractivity contribution in [1.29, 1.82) is 0 Å². The maximum Gasteiger partial charge on any atom is 0.167 e. The molecule has 0 radical (unpaired) electrons. The number of nitrogens with two attached hydrogens (primary N) is 1. The van der Waals surface area contributed by atoms with E-state index < -0.39 is 24.0 Å². The Kier molecular flexibility index (Phi) is 3.85. The van der Waals surface area contributed by atoms with E-state index in [0.717, 1.165) is 5.56 Å². The van der Waals surface area contributed by atoms with Crippen LogP contribution in [0, 0.1) is 0 Å². The molecule has 1 aliphatic rings. The number of hydrogen-bond donors (Lipinski definition) is 3. The molecule has 3 heterocycles. The monoisotopic (exact) mass is 320 g/mol. The van der Waals surface area contributed by atoms with E-state index in [0.29, 0.717) is 16.9 Å². The molecule has 8 nitrogen and oxygen atoms in total. The average Bonchev–Trinajstić information content (AvgIpc) is 3.05. The van der Waals surface area contributed by atoms with Crippen LogP contribution in [-0.4, -0.2) is 56.3 Å². The van der Waals surface area contributed by atoms with Crippen LogP contribution in [0.25, 0.3) is 17.1 Å². The number of aliphatic hydroxyl groups excluding tert-OH is 2. The van der Waals surface area contributed by atoms with Gasteiger partial charge in [0, 0.05) is 18.9 Å². The van der Waals surface area contributed by atoms with Crippen molar-refractivity contribution in [2.75, 3.05) is 19.5 Å². The summed E-state index contributed by atoms with van der Waals surface area (Å²) in [7, 11) is 1.49. The summed E-state index contributed by atoms with van der Waals surface area (Å²) < 4.78 is 13.1. The number of nitrogen functional groups attached to an aromatic ring is 1. The van der Waals surface area contributed by atoms with E-state index in [2.05, 4.69) is 16.5 Å². The number of hydrogen-bond acceptors (Lipinski definition) is 7. The first-order chi connectivity index (χ1) is 11.0. The van der Waals surface area contributed by atoms with Gasteiger partial charge in [-0.3, -0.25) is 0 Å². The molecule has 0 saturated carbocycles. The summed E-state index contributed by atoms with van der Waals surface area (Å²) in [6.45, 7) is 5.18. The maximum absolute atomic E-state index is 10.4. The zero-order valence-electron chi connectivity index (χ0n) is 13.0. The molecule has 0 aliphatic carbocycles. The van der Waals surface area contributed by atoms with E-state index in [4.69, 9.17) is 15.2 Å². The summed E-state index contributed by atoms with van der Waals surface area (Å²) >= 11 is 0. The Morgan fingerprint density at radius 2 is 2.30 bits per heavy atom. The molecule has 4 atom stereocenters. The lowest BCUT2D eigenvalue weighted by molar-refractivity contribution is -0.118. The predicted molar refractivity (Wildman–Crippen MR) is 84.4 cm³/mol. The third kappa shape index (κ3) is 2.14. The van der Waals surface area contributed by atoms with Gasteiger partial charge in [0.05, 0.1) is 12.0 Å². The number of ether oxygens (including phenoxy) is 2. The van der Waals surface area contributed by atoms with Crippen LogP contribution >= 0.6 is 0 Å². The van der Waals surface area contributed by atoms with Gasteiger partial charge in [-0.1, -0.05) is 12.7 Å². The molecule has 0 spiro atoms. The van der Waals surface area contributed by atoms with E-state index >= 15 is 0 Å². The molecule has 0 aromatic carbocycles. The fourth-order valence-electron chi connectivity index (χ4n) is 3.07. The Morgan fingerprint density at radius 3 is 2.91 bits per heavy atom. The molecule has 0 bridgehead atoms. The zero-order valence-corrected chi connectivity index (χ0v) is 13.0. The smallest absolute Gasteiger partial charge is 0.167 e. The summed E-state index contributed by atoms with van der Waals surface area (Å²) in [5.74, 6) is 0.333. The Bertz CT molecular complexity index is 746. The molecular formula is C15H20N4O4. The van der Waals surface area contributed by atoms with Gasteiger partial charge < -0.3 is 30.0 Å². The lowest BCUT2D eigenvalue weighted by atomic mass is 9.96. The summed E-state index contributed by atoms with van der Waals surface area (Å²) in [6.07, 6.45) is 2.35. The Morgan fingerprint density at radius 1 is 1.57 bits per heavy atom. The molecule has 1 fully saturated rings. The van der Waals surface area contributed by atoms with Crippen molar-refractivity contribution >= 4 is 22.9 Å². The third-order valence-corrected chi connectivity index (χ3v) is 4.49. The molecule has 3 rings (SSSR count). The fraction of sp³-hybridized carbons (Fsp3) is 0.467. The van der Waals surface area contributed by atoms with Gasteiger partial charge in [-0.2, -0.15) is 0 Å². The van der Waals surface area contributed by atoms with Gasteiger partial charge in [-0.05, 0) is 6.92 Å². The van der Waals surface area contributed by atoms with Gasteiger partial charge in [0.2, 0.25) is 0 Å². The van der Waals surface area contributed by atoms with Gasteiger partial charge in [-0.25, -0.2) is 9.97 Å². The van der Waals surface area contributed by atoms with Crippen LogP contribution in [0.15, 0.2) is 19.1 Å². The van der Waals surface area contributed by atoms with Gasteiger partial charge in [0.25, 0.3) is 0 Å². The predicted octanol–water partition coefficient (Wildman–Crippen LogP) is 0.312. The Hall–Kier alpha value is -2.00. The van der Waals surface area contributed by atoms with Gasteiger partial charge in [-0.15, -0.1) is 0 Å². The number of rotatable bonds is 4. The highest BCUT2D eigenvalue weighted by Crippen LogP contribution is 2.42. The van der Waals surface area contributed by atoms with Crippen LogP contribution in [0.3, 0.4) is 0 Å². The summed E-state index contributed by atoms with van der Waals surface area (Å²) in [5.41, 5.74) is 6.19. The molecule has 23 heavy (non-hydrogen) atoms. The highest BCUT2D eigenvalue weighted by atomic mass is 16.6. The molecule has 8 heteroatoms. The van der Waals surface area contributed by atoms with Crippen molar-refractivity contribution in [3.8, 4) is 0 Å². The highest BCUT2D eigenvalue weighted by Gasteiger charge is 2.54. The Balaban J connectivity index is 2.20. The first kappa shape index (κ1) is 15.9. The first-order valence-electron chi connectivity index (χ1n) is 7.21. The molecule has 124 valence electrons. The number of aromatic nitrogens is 3. The van der Waals surface area contributed by atoms with E-state index in [1.165, 1.54) is 13.4 Å². The summed E-state index contributed by atoms with van der Waals surface area (Å²) in [4.78, 5) is 8.28. The van der Waals surface area contributed by atoms with Gasteiger partial charge in [0.15, 0.2) is 6.23 Å². The van der Waals surface area contributed by atoms with Crippen molar-refractivity contribution in [3.05, 3.63) is 24.7 Å². The van der Waals surface area contributed by atoms with Crippen molar-refractivity contribution in [3.63, 3.8) is 0 Å². The van der Waals surface area contributed by atoms with Crippen molar-refractivity contribution in [2.24, 2.45) is 0 Å². The molecule has 1 aliphatic heterocycles. The van der Waals surface area contributed by atoms with Crippen molar-refractivity contribution in [1.82, 2.24) is 14.5 Å². The number of methoxy groups -OCH3 is 1. The number of nitrogens with zero attached hydrogens (tertiary/aromatic N) is 3. The molecule has 2 aromatic heterocycles. The van der Waals surface area contributed by atoms with Crippen LogP contribution in [-0.2, 0) is 9.47 Å². The van der Waals surface area contributed by atoms with E-state index in [-0.39, 0.29) is 6.61 Å². The lowest BCUT2D eigenvalue weighted by Crippen LogP contribution is -2.46. The number of anilines is 1. The minimum atomic E-state index is -1.06. The van der Waals surface area contributed by atoms with Crippen molar-refractivity contribution in [2.45, 2.75) is 31.0 Å². The number of aliphatic hydroxyl groups is 2. The Labute approximate surface area is 133 Å². The SMILES string of the molecule is C=Cc1cn([C@@H]2OC(CO)C(O)C2(C)OC)c2ncnc(N)c12. The minimum absolute atomic E-state index is 0.318. The molecule has 3 unspecified atom stereocenters. The van der Waals surface area contributed by atoms with E-state index in [9.17, 15) is 10.2 Å². The second-order valence-corrected chi connectivity index (χ2v) is 5.70. The average molecular weight is 320 g/mol. The van der Waals surface area contributed by atoms with Gasteiger partial charge in [0.1, 0.15) is 35.6 Å². The first-order valence-corrected chi connectivity index (χ1v) is 7.21. The largest absolute Gasteiger partial charge is 0.394 e. The summed E-state index contributed by atoms with van der Waals surface area (Å²) in [6, 6.07) is 0. The van der Waals surface area contributed by atoms with Crippen LogP contribution in [0.1, 0.15) is 18.7 Å². The molecule has 4 N–H and O–H groups in total. The third-order valence-electron chi connectivity index (χ3n) is 4.49. The lowest BCUT2D eigenvalue weighted by Gasteiger charge is -2.31. The fourth-order valence-corrected chi connectivity index (χ4v) is 3.07. The molecule has 2 aromatic rings. The van der Waals surface area contributed by atoms with E-state index in [1.807, 2.05) is 0 Å². The number of fused-ring (bicyclic) bond motifs is 1. The summed E-state index contributed by atoms with van der Waals surface area (Å²) in [5, 5.41) is 20.5. The second-order valence-electron chi connectivity index (χ2n) is 5.70. The van der Waals surface area contributed by atoms with E-state index in [1.54, 1.807) is 23.8 Å². The highest BCUT2D eigenvalue weighted by molar-refractivity contribution is 5.94. The minimum Gasteiger partial charge on any atom is -0.394 e. The molecular weight excluding hydrogens is 300 g/mol. The molecule has 1 saturated heterocycles. The standard InChI is InChI=1S/C15H20N4O4/c1-4-8-5-19(13-10(8)12(16)17-7-18-13)14-15(2,22-3)11(21)9(6-20)23-14/h4-5,7,9,11,14,20-21H,1,6H2,2-3H3,(H2,16,17,18)/t9?,11?,14-,15?/m1/s1. The second kappa shape index (κ2) is 5.57. The van der Waals surface area contributed by atoms with Crippen LogP contribution in [0.4, 0.5) is 5.82 Å². The van der Waals surface area contributed by atoms with Crippen LogP contribution < -0.4 is 5.73 Å². The quantitative estimate of drug-likeness (QED) is 0.742. The zero-order chi connectivity index (χ0) is 16.8. The van der Waals surface area contributed by atoms with Crippen molar-refractivity contribution < 1.29 is 19.7 Å². The van der Waals surface area contributed by atoms with Gasteiger partial charge >= 0.3 is 0 Å².